The monoisotopic (exact) mass is 761 g/mol. The number of fused-ring (bicyclic) bond motifs is 14. The van der Waals surface area contributed by atoms with Gasteiger partial charge in [0.2, 0.25) is 0 Å². The van der Waals surface area contributed by atoms with Crippen molar-refractivity contribution in [1.29, 1.82) is 0 Å². The molecule has 4 nitrogen and oxygen atoms in total. The van der Waals surface area contributed by atoms with Crippen LogP contribution in [-0.2, 0) is 0 Å². The van der Waals surface area contributed by atoms with Crippen LogP contribution in [0.15, 0.2) is 192 Å². The van der Waals surface area contributed by atoms with Crippen LogP contribution in [0, 0.1) is 0 Å². The Bertz CT molecular complexity index is 3900. The third-order valence-corrected chi connectivity index (χ3v) is 13.0. The van der Waals surface area contributed by atoms with E-state index in [-0.39, 0.29) is 0 Å². The minimum Gasteiger partial charge on any atom is -0.452 e. The van der Waals surface area contributed by atoms with E-state index in [2.05, 4.69) is 180 Å². The van der Waals surface area contributed by atoms with Crippen molar-refractivity contribution in [1.82, 2.24) is 14.5 Å². The Kier molecular flexibility index (Phi) is 6.26. The van der Waals surface area contributed by atoms with Crippen molar-refractivity contribution < 1.29 is 4.42 Å². The molecule has 0 bridgehead atoms. The third-order valence-electron chi connectivity index (χ3n) is 13.0. The van der Waals surface area contributed by atoms with Crippen molar-refractivity contribution in [3.8, 4) is 50.6 Å². The predicted molar refractivity (Wildman–Crippen MR) is 249 cm³/mol. The lowest BCUT2D eigenvalue weighted by Crippen LogP contribution is -1.99. The number of hydrogen-bond donors (Lipinski definition) is 0. The van der Waals surface area contributed by atoms with Crippen LogP contribution < -0.4 is 0 Å². The molecule has 0 saturated carbocycles. The van der Waals surface area contributed by atoms with Gasteiger partial charge in [0, 0.05) is 32.7 Å². The van der Waals surface area contributed by atoms with Crippen molar-refractivity contribution in [2.75, 3.05) is 0 Å². The Morgan fingerprint density at radius 3 is 1.63 bits per heavy atom. The molecular weight excluding hydrogens is 731 g/mol. The van der Waals surface area contributed by atoms with Gasteiger partial charge in [0.25, 0.3) is 0 Å². The summed E-state index contributed by atoms with van der Waals surface area (Å²) >= 11 is 0. The lowest BCUT2D eigenvalue weighted by Gasteiger charge is -2.15. The van der Waals surface area contributed by atoms with Crippen molar-refractivity contribution in [2.45, 2.75) is 0 Å². The summed E-state index contributed by atoms with van der Waals surface area (Å²) in [7, 11) is 0. The van der Waals surface area contributed by atoms with E-state index in [4.69, 9.17) is 14.4 Å². The van der Waals surface area contributed by atoms with Crippen molar-refractivity contribution in [2.24, 2.45) is 0 Å². The molecule has 13 aromatic rings. The highest BCUT2D eigenvalue weighted by Crippen LogP contribution is 2.50. The third kappa shape index (κ3) is 4.19. The number of nitrogens with zero attached hydrogens (tertiary/aromatic N) is 3. The SMILES string of the molecule is c1ccc2c(c1)-c1cccc3c(-c4nc(-c5ccc(-n6c7ccc8ccccc8c7c7c8ccccc8ccc76)c6ccccc56)nc5c4oc4ccccc45)ccc-2c13. The standard InChI is InChI=1S/C56H31N3O/c1-3-14-34-32(12-1)24-29-47-51(34)52-35-15-4-2-13-33(35)25-30-48(52)59(47)46-31-28-44(38-18-7-8-19-39(38)46)56-57-53(55-54(58-56)45-20-9-10-23-49(45)60-55)43-27-26-42-37-17-6-5-16-36(37)40-21-11-22-41(43)50(40)42/h1-31H. The highest BCUT2D eigenvalue weighted by Gasteiger charge is 2.26. The zero-order chi connectivity index (χ0) is 39.1. The van der Waals surface area contributed by atoms with Gasteiger partial charge in [-0.3, -0.25) is 0 Å². The van der Waals surface area contributed by atoms with E-state index in [9.17, 15) is 0 Å². The van der Waals surface area contributed by atoms with E-state index in [1.807, 2.05) is 12.1 Å². The second-order valence-corrected chi connectivity index (χ2v) is 16.0. The van der Waals surface area contributed by atoms with Gasteiger partial charge in [-0.05, 0) is 96.4 Å². The maximum Gasteiger partial charge on any atom is 0.180 e. The van der Waals surface area contributed by atoms with Gasteiger partial charge in [-0.1, -0.05) is 152 Å². The van der Waals surface area contributed by atoms with Crippen LogP contribution in [0.25, 0.3) is 138 Å². The molecule has 3 heterocycles. The van der Waals surface area contributed by atoms with Crippen LogP contribution in [0.1, 0.15) is 0 Å². The van der Waals surface area contributed by atoms with Gasteiger partial charge in [-0.2, -0.15) is 0 Å². The quantitative estimate of drug-likeness (QED) is 0.180. The molecule has 0 radical (unpaired) electrons. The van der Waals surface area contributed by atoms with Crippen LogP contribution in [0.5, 0.6) is 0 Å². The van der Waals surface area contributed by atoms with Gasteiger partial charge in [0.15, 0.2) is 11.4 Å². The predicted octanol–water partition coefficient (Wildman–Crippen LogP) is 15.1. The molecule has 276 valence electrons. The van der Waals surface area contributed by atoms with Gasteiger partial charge >= 0.3 is 0 Å². The van der Waals surface area contributed by atoms with Crippen LogP contribution in [0.3, 0.4) is 0 Å². The van der Waals surface area contributed by atoms with E-state index < -0.39 is 0 Å². The van der Waals surface area contributed by atoms with E-state index >= 15 is 0 Å². The molecule has 60 heavy (non-hydrogen) atoms. The lowest BCUT2D eigenvalue weighted by atomic mass is 9.96. The fourth-order valence-corrected chi connectivity index (χ4v) is 10.4. The molecule has 0 spiro atoms. The molecule has 1 aliphatic rings. The number of benzene rings is 10. The van der Waals surface area contributed by atoms with Crippen molar-refractivity contribution in [3.05, 3.63) is 188 Å². The number of para-hydroxylation sites is 1. The van der Waals surface area contributed by atoms with Gasteiger partial charge in [-0.15, -0.1) is 0 Å². The summed E-state index contributed by atoms with van der Waals surface area (Å²) < 4.78 is 9.14. The summed E-state index contributed by atoms with van der Waals surface area (Å²) in [6, 6.07) is 67.8. The Labute approximate surface area is 343 Å². The molecule has 3 aromatic heterocycles. The molecular formula is C56H31N3O. The Balaban J connectivity index is 1.05. The zero-order valence-corrected chi connectivity index (χ0v) is 32.1. The molecule has 0 saturated heterocycles. The number of rotatable bonds is 3. The smallest absolute Gasteiger partial charge is 0.180 e. The molecule has 1 aliphatic carbocycles. The van der Waals surface area contributed by atoms with E-state index in [0.29, 0.717) is 11.4 Å². The number of hydrogen-bond acceptors (Lipinski definition) is 3. The molecule has 0 N–H and O–H groups in total. The molecule has 0 unspecified atom stereocenters. The molecule has 14 rings (SSSR count). The first-order valence-electron chi connectivity index (χ1n) is 20.5. The summed E-state index contributed by atoms with van der Waals surface area (Å²) in [4.78, 5) is 10.9. The van der Waals surface area contributed by atoms with E-state index in [1.54, 1.807) is 0 Å². The average Bonchev–Trinajstić information content (AvgIpc) is 3.97. The lowest BCUT2D eigenvalue weighted by molar-refractivity contribution is 0.667. The number of aromatic nitrogens is 3. The Morgan fingerprint density at radius 2 is 0.900 bits per heavy atom. The van der Waals surface area contributed by atoms with Crippen LogP contribution in [-0.4, -0.2) is 14.5 Å². The van der Waals surface area contributed by atoms with Crippen LogP contribution in [0.2, 0.25) is 0 Å². The molecule has 10 aromatic carbocycles. The molecule has 0 atom stereocenters. The number of furan rings is 1. The van der Waals surface area contributed by atoms with Gasteiger partial charge < -0.3 is 8.98 Å². The van der Waals surface area contributed by atoms with Crippen LogP contribution in [0.4, 0.5) is 0 Å². The minimum absolute atomic E-state index is 0.664. The first kappa shape index (κ1) is 31.9. The molecule has 0 amide bonds. The van der Waals surface area contributed by atoms with Crippen molar-refractivity contribution in [3.63, 3.8) is 0 Å². The molecule has 0 aliphatic heterocycles. The Hall–Kier alpha value is -8.08. The Morgan fingerprint density at radius 1 is 0.350 bits per heavy atom. The summed E-state index contributed by atoms with van der Waals surface area (Å²) in [5.74, 6) is 0.664. The molecule has 0 fully saturated rings. The summed E-state index contributed by atoms with van der Waals surface area (Å²) in [5, 5.41) is 13.1. The van der Waals surface area contributed by atoms with Crippen LogP contribution >= 0.6 is 0 Å². The summed E-state index contributed by atoms with van der Waals surface area (Å²) in [6.07, 6.45) is 0. The maximum absolute atomic E-state index is 6.69. The first-order chi connectivity index (χ1) is 29.8. The summed E-state index contributed by atoms with van der Waals surface area (Å²) in [5.41, 5.74) is 13.6. The second kappa shape index (κ2) is 11.8. The van der Waals surface area contributed by atoms with Gasteiger partial charge in [0.1, 0.15) is 16.8 Å². The average molecular weight is 762 g/mol. The highest BCUT2D eigenvalue weighted by atomic mass is 16.3. The van der Waals surface area contributed by atoms with Gasteiger partial charge in [0.05, 0.1) is 16.7 Å². The second-order valence-electron chi connectivity index (χ2n) is 16.0. The highest BCUT2D eigenvalue weighted by molar-refractivity contribution is 6.29. The van der Waals surface area contributed by atoms with E-state index in [1.165, 1.54) is 71.0 Å². The largest absolute Gasteiger partial charge is 0.452 e. The zero-order valence-electron chi connectivity index (χ0n) is 32.1. The minimum atomic E-state index is 0.664. The normalized spacial score (nSPS) is 12.3. The van der Waals surface area contributed by atoms with Gasteiger partial charge in [-0.25, -0.2) is 9.97 Å². The fourth-order valence-electron chi connectivity index (χ4n) is 10.4. The summed E-state index contributed by atoms with van der Waals surface area (Å²) in [6.45, 7) is 0. The van der Waals surface area contributed by atoms with Crippen molar-refractivity contribution >= 4 is 87.0 Å². The topological polar surface area (TPSA) is 43.9 Å². The first-order valence-corrected chi connectivity index (χ1v) is 20.5. The maximum atomic E-state index is 6.69. The molecule has 4 heteroatoms. The van der Waals surface area contributed by atoms with E-state index in [0.717, 1.165) is 55.2 Å². The fraction of sp³-hybridized carbons (Fsp3) is 0.